The topological polar surface area (TPSA) is 60.2 Å². The molecule has 0 bridgehead atoms. The predicted octanol–water partition coefficient (Wildman–Crippen LogP) is 1.26. The minimum atomic E-state index is -0.0577. The van der Waals surface area contributed by atoms with Crippen LogP contribution in [0.4, 0.5) is 0 Å². The minimum Gasteiger partial charge on any atom is -0.388 e. The van der Waals surface area contributed by atoms with Crippen molar-refractivity contribution in [3.8, 4) is 0 Å². The highest BCUT2D eigenvalue weighted by Gasteiger charge is 2.42. The lowest BCUT2D eigenvalue weighted by atomic mass is 9.98. The SMILES string of the molecule is OCc1ncnn1CC1CCC2(CCCC2)O1. The zero-order valence-electron chi connectivity index (χ0n) is 10.0. The van der Waals surface area contributed by atoms with Gasteiger partial charge >= 0.3 is 0 Å². The van der Waals surface area contributed by atoms with Gasteiger partial charge in [0.1, 0.15) is 12.9 Å². The monoisotopic (exact) mass is 237 g/mol. The molecule has 0 radical (unpaired) electrons. The van der Waals surface area contributed by atoms with Crippen molar-refractivity contribution >= 4 is 0 Å². The van der Waals surface area contributed by atoms with Crippen molar-refractivity contribution in [3.63, 3.8) is 0 Å². The number of aliphatic hydroxyl groups excluding tert-OH is 1. The standard InChI is InChI=1S/C12H19N3O2/c16-8-11-13-9-14-15(11)7-10-3-6-12(17-10)4-1-2-5-12/h9-10,16H,1-8H2. The number of hydrogen-bond donors (Lipinski definition) is 1. The second kappa shape index (κ2) is 4.38. The van der Waals surface area contributed by atoms with E-state index in [9.17, 15) is 0 Å². The van der Waals surface area contributed by atoms with Gasteiger partial charge in [0.25, 0.3) is 0 Å². The lowest BCUT2D eigenvalue weighted by Crippen LogP contribution is -2.27. The van der Waals surface area contributed by atoms with Gasteiger partial charge in [0, 0.05) is 0 Å². The van der Waals surface area contributed by atoms with Crippen LogP contribution in [0.25, 0.3) is 0 Å². The van der Waals surface area contributed by atoms with E-state index in [1.54, 1.807) is 4.68 Å². The summed E-state index contributed by atoms with van der Waals surface area (Å²) in [6.07, 6.45) is 9.05. The molecule has 0 aromatic carbocycles. The summed E-state index contributed by atoms with van der Waals surface area (Å²) in [7, 11) is 0. The van der Waals surface area contributed by atoms with Gasteiger partial charge in [0.2, 0.25) is 0 Å². The predicted molar refractivity (Wildman–Crippen MR) is 61.3 cm³/mol. The van der Waals surface area contributed by atoms with E-state index in [1.165, 1.54) is 38.4 Å². The summed E-state index contributed by atoms with van der Waals surface area (Å²) in [5.41, 5.74) is 0.171. The molecule has 2 heterocycles. The zero-order chi connectivity index (χ0) is 11.7. The van der Waals surface area contributed by atoms with Gasteiger partial charge in [-0.3, -0.25) is 0 Å². The van der Waals surface area contributed by atoms with E-state index in [0.29, 0.717) is 5.82 Å². The van der Waals surface area contributed by atoms with Crippen LogP contribution >= 0.6 is 0 Å². The number of aliphatic hydroxyl groups is 1. The van der Waals surface area contributed by atoms with Crippen LogP contribution in [0.5, 0.6) is 0 Å². The average molecular weight is 237 g/mol. The van der Waals surface area contributed by atoms with Crippen LogP contribution in [0.15, 0.2) is 6.33 Å². The molecule has 94 valence electrons. The van der Waals surface area contributed by atoms with Gasteiger partial charge < -0.3 is 9.84 Å². The van der Waals surface area contributed by atoms with Crippen LogP contribution in [0, 0.1) is 0 Å². The first-order chi connectivity index (χ1) is 8.31. The first-order valence-electron chi connectivity index (χ1n) is 6.47. The Morgan fingerprint density at radius 3 is 3.00 bits per heavy atom. The first kappa shape index (κ1) is 11.2. The van der Waals surface area contributed by atoms with Gasteiger partial charge in [-0.15, -0.1) is 0 Å². The number of hydrogen-bond acceptors (Lipinski definition) is 4. The maximum Gasteiger partial charge on any atom is 0.152 e. The normalized spacial score (nSPS) is 27.0. The fourth-order valence-electron chi connectivity index (χ4n) is 3.17. The van der Waals surface area contributed by atoms with Crippen molar-refractivity contribution in [3.05, 3.63) is 12.2 Å². The third-order valence-electron chi connectivity index (χ3n) is 4.07. The third kappa shape index (κ3) is 2.09. The Labute approximate surface area is 101 Å². The molecule has 2 fully saturated rings. The second-order valence-electron chi connectivity index (χ2n) is 5.19. The Bertz CT molecular complexity index is 385. The van der Waals surface area contributed by atoms with Crippen LogP contribution in [-0.2, 0) is 17.9 Å². The summed E-state index contributed by atoms with van der Waals surface area (Å²) in [5.74, 6) is 0.626. The molecule has 1 N–H and O–H groups in total. The first-order valence-corrected chi connectivity index (χ1v) is 6.47. The Balaban J connectivity index is 1.64. The molecule has 1 aromatic rings. The summed E-state index contributed by atoms with van der Waals surface area (Å²) in [5, 5.41) is 13.3. The van der Waals surface area contributed by atoms with E-state index in [4.69, 9.17) is 9.84 Å². The maximum absolute atomic E-state index is 9.12. The highest BCUT2D eigenvalue weighted by molar-refractivity contribution is 4.93. The molecule has 1 unspecified atom stereocenters. The molecule has 3 rings (SSSR count). The Hall–Kier alpha value is -0.940. The molecule has 2 aliphatic rings. The van der Waals surface area contributed by atoms with Gasteiger partial charge in [0.05, 0.1) is 18.2 Å². The molecule has 1 spiro atoms. The summed E-state index contributed by atoms with van der Waals surface area (Å²) in [6.45, 7) is 0.662. The fourth-order valence-corrected chi connectivity index (χ4v) is 3.17. The fraction of sp³-hybridized carbons (Fsp3) is 0.833. The van der Waals surface area contributed by atoms with Gasteiger partial charge in [-0.2, -0.15) is 5.10 Å². The van der Waals surface area contributed by atoms with E-state index in [2.05, 4.69) is 10.1 Å². The molecule has 1 aliphatic carbocycles. The van der Waals surface area contributed by atoms with E-state index in [0.717, 1.165) is 13.0 Å². The largest absolute Gasteiger partial charge is 0.388 e. The number of rotatable bonds is 3. The van der Waals surface area contributed by atoms with Gasteiger partial charge in [-0.1, -0.05) is 12.8 Å². The molecule has 5 heteroatoms. The van der Waals surface area contributed by atoms with E-state index < -0.39 is 0 Å². The molecule has 1 saturated carbocycles. The van der Waals surface area contributed by atoms with Gasteiger partial charge in [-0.25, -0.2) is 9.67 Å². The van der Waals surface area contributed by atoms with Crippen LogP contribution < -0.4 is 0 Å². The number of ether oxygens (including phenoxy) is 1. The number of nitrogens with zero attached hydrogens (tertiary/aromatic N) is 3. The quantitative estimate of drug-likeness (QED) is 0.859. The molecule has 1 atom stereocenters. The second-order valence-corrected chi connectivity index (χ2v) is 5.19. The smallest absolute Gasteiger partial charge is 0.152 e. The van der Waals surface area contributed by atoms with Crippen molar-refractivity contribution in [2.45, 2.75) is 63.4 Å². The van der Waals surface area contributed by atoms with Gasteiger partial charge in [0.15, 0.2) is 5.82 Å². The molecule has 17 heavy (non-hydrogen) atoms. The van der Waals surface area contributed by atoms with Crippen molar-refractivity contribution in [2.75, 3.05) is 0 Å². The third-order valence-corrected chi connectivity index (χ3v) is 4.07. The molecular weight excluding hydrogens is 218 g/mol. The summed E-state index contributed by atoms with van der Waals surface area (Å²) >= 11 is 0. The van der Waals surface area contributed by atoms with E-state index in [1.807, 2.05) is 0 Å². The van der Waals surface area contributed by atoms with E-state index in [-0.39, 0.29) is 18.3 Å². The highest BCUT2D eigenvalue weighted by Crippen LogP contribution is 2.43. The molecule has 1 saturated heterocycles. The van der Waals surface area contributed by atoms with Crippen LogP contribution in [0.1, 0.15) is 44.3 Å². The minimum absolute atomic E-state index is 0.0577. The van der Waals surface area contributed by atoms with Crippen molar-refractivity contribution in [1.82, 2.24) is 14.8 Å². The van der Waals surface area contributed by atoms with Crippen LogP contribution in [-0.4, -0.2) is 31.6 Å². The van der Waals surface area contributed by atoms with Crippen molar-refractivity contribution in [1.29, 1.82) is 0 Å². The summed E-state index contributed by atoms with van der Waals surface area (Å²) in [4.78, 5) is 4.01. The zero-order valence-corrected chi connectivity index (χ0v) is 10.0. The number of aromatic nitrogens is 3. The lowest BCUT2D eigenvalue weighted by Gasteiger charge is -2.23. The Morgan fingerprint density at radius 1 is 1.41 bits per heavy atom. The lowest BCUT2D eigenvalue weighted by molar-refractivity contribution is -0.0434. The molecule has 1 aromatic heterocycles. The summed E-state index contributed by atoms with van der Waals surface area (Å²) in [6, 6.07) is 0. The Morgan fingerprint density at radius 2 is 2.24 bits per heavy atom. The molecule has 1 aliphatic heterocycles. The van der Waals surface area contributed by atoms with Crippen LogP contribution in [0.3, 0.4) is 0 Å². The average Bonchev–Trinajstić information content (AvgIpc) is 3.03. The molecule has 5 nitrogen and oxygen atoms in total. The molecular formula is C12H19N3O2. The highest BCUT2D eigenvalue weighted by atomic mass is 16.5. The van der Waals surface area contributed by atoms with Crippen molar-refractivity contribution in [2.24, 2.45) is 0 Å². The maximum atomic E-state index is 9.12. The molecule has 0 amide bonds. The van der Waals surface area contributed by atoms with Crippen molar-refractivity contribution < 1.29 is 9.84 Å². The van der Waals surface area contributed by atoms with Crippen LogP contribution in [0.2, 0.25) is 0 Å². The summed E-state index contributed by atoms with van der Waals surface area (Å²) < 4.78 is 7.97. The van der Waals surface area contributed by atoms with Gasteiger partial charge in [-0.05, 0) is 25.7 Å². The van der Waals surface area contributed by atoms with E-state index >= 15 is 0 Å². The Kier molecular flexibility index (Phi) is 2.88.